The summed E-state index contributed by atoms with van der Waals surface area (Å²) in [5.41, 5.74) is 2.80. The number of H-pyrrole nitrogens is 1. The van der Waals surface area contributed by atoms with Crippen LogP contribution in [0, 0.1) is 18.3 Å². The van der Waals surface area contributed by atoms with Gasteiger partial charge in [0.15, 0.2) is 0 Å². The maximum absolute atomic E-state index is 8.53. The normalized spacial score (nSPS) is 10.4. The van der Waals surface area contributed by atoms with Gasteiger partial charge in [-0.1, -0.05) is 11.6 Å². The molecule has 1 N–H and O–H groups in total. The highest BCUT2D eigenvalue weighted by molar-refractivity contribution is 6.31. The zero-order valence-electron chi connectivity index (χ0n) is 7.63. The molecule has 3 nitrogen and oxygen atoms in total. The minimum Gasteiger partial charge on any atom is -0.341 e. The number of nitrogens with one attached hydrogen (secondary N) is 1. The van der Waals surface area contributed by atoms with E-state index in [4.69, 9.17) is 16.9 Å². The molecule has 0 saturated carbocycles. The van der Waals surface area contributed by atoms with E-state index in [1.165, 1.54) is 0 Å². The van der Waals surface area contributed by atoms with E-state index in [0.29, 0.717) is 17.3 Å². The Morgan fingerprint density at radius 2 is 2.36 bits per heavy atom. The smallest absolute Gasteiger partial charge is 0.121 e. The fourth-order valence-electron chi connectivity index (χ4n) is 1.46. The van der Waals surface area contributed by atoms with Gasteiger partial charge in [0.25, 0.3) is 0 Å². The van der Waals surface area contributed by atoms with Crippen molar-refractivity contribution in [3.05, 3.63) is 28.5 Å². The molecule has 4 heteroatoms. The van der Waals surface area contributed by atoms with Crippen molar-refractivity contribution in [3.8, 4) is 6.07 Å². The number of halogens is 1. The van der Waals surface area contributed by atoms with Gasteiger partial charge in [-0.2, -0.15) is 5.26 Å². The molecule has 0 fully saturated rings. The monoisotopic (exact) mass is 205 g/mol. The molecular weight excluding hydrogens is 198 g/mol. The molecule has 2 aromatic rings. The zero-order valence-corrected chi connectivity index (χ0v) is 8.39. The van der Waals surface area contributed by atoms with Crippen molar-refractivity contribution in [2.75, 3.05) is 0 Å². The van der Waals surface area contributed by atoms with E-state index in [1.807, 2.05) is 19.1 Å². The average Bonchev–Trinajstić information content (AvgIpc) is 2.48. The topological polar surface area (TPSA) is 52.5 Å². The summed E-state index contributed by atoms with van der Waals surface area (Å²) in [5.74, 6) is 0.688. The van der Waals surface area contributed by atoms with Crippen molar-refractivity contribution in [2.24, 2.45) is 0 Å². The van der Waals surface area contributed by atoms with E-state index in [0.717, 1.165) is 16.6 Å². The number of rotatable bonds is 1. The van der Waals surface area contributed by atoms with Crippen LogP contribution in [0.5, 0.6) is 0 Å². The molecule has 2 rings (SSSR count). The van der Waals surface area contributed by atoms with Crippen LogP contribution in [0.25, 0.3) is 11.0 Å². The van der Waals surface area contributed by atoms with Crippen LogP contribution in [0.3, 0.4) is 0 Å². The Bertz CT molecular complexity index is 522. The Hall–Kier alpha value is -1.53. The van der Waals surface area contributed by atoms with E-state index in [1.54, 1.807) is 0 Å². The molecule has 0 radical (unpaired) electrons. The van der Waals surface area contributed by atoms with Crippen LogP contribution in [0.2, 0.25) is 5.02 Å². The highest BCUT2D eigenvalue weighted by Gasteiger charge is 2.05. The number of nitrogens with zero attached hydrogens (tertiary/aromatic N) is 2. The van der Waals surface area contributed by atoms with Gasteiger partial charge in [0.2, 0.25) is 0 Å². The first-order valence-corrected chi connectivity index (χ1v) is 4.60. The Kier molecular flexibility index (Phi) is 2.14. The second-order valence-electron chi connectivity index (χ2n) is 3.14. The standard InChI is InChI=1S/C10H8ClN3/c1-6-4-7(11)5-8-10(6)14-9(13-8)2-3-12/h4-5H,2H2,1H3,(H,13,14). The van der Waals surface area contributed by atoms with Gasteiger partial charge < -0.3 is 4.98 Å². The van der Waals surface area contributed by atoms with Crippen molar-refractivity contribution in [1.29, 1.82) is 5.26 Å². The van der Waals surface area contributed by atoms with Crippen molar-refractivity contribution < 1.29 is 0 Å². The molecule has 0 aliphatic heterocycles. The van der Waals surface area contributed by atoms with Gasteiger partial charge in [0.05, 0.1) is 23.5 Å². The van der Waals surface area contributed by atoms with Crippen LogP contribution in [0.1, 0.15) is 11.4 Å². The summed E-state index contributed by atoms with van der Waals surface area (Å²) in [4.78, 5) is 7.37. The quantitative estimate of drug-likeness (QED) is 0.778. The average molecular weight is 206 g/mol. The predicted octanol–water partition coefficient (Wildman–Crippen LogP) is 2.59. The van der Waals surface area contributed by atoms with Crippen molar-refractivity contribution in [3.63, 3.8) is 0 Å². The summed E-state index contributed by atoms with van der Waals surface area (Å²) in [6.07, 6.45) is 0.297. The molecule has 0 atom stereocenters. The van der Waals surface area contributed by atoms with Crippen molar-refractivity contribution >= 4 is 22.6 Å². The number of hydrogen-bond acceptors (Lipinski definition) is 2. The largest absolute Gasteiger partial charge is 0.341 e. The Morgan fingerprint density at radius 1 is 1.57 bits per heavy atom. The predicted molar refractivity (Wildman–Crippen MR) is 55.2 cm³/mol. The van der Waals surface area contributed by atoms with Crippen molar-refractivity contribution in [1.82, 2.24) is 9.97 Å². The third-order valence-corrected chi connectivity index (χ3v) is 2.26. The van der Waals surface area contributed by atoms with Crippen LogP contribution in [0.15, 0.2) is 12.1 Å². The molecule has 0 saturated heterocycles. The second-order valence-corrected chi connectivity index (χ2v) is 3.57. The molecule has 0 unspecified atom stereocenters. The minimum atomic E-state index is 0.297. The fourth-order valence-corrected chi connectivity index (χ4v) is 1.73. The maximum atomic E-state index is 8.53. The number of imidazole rings is 1. The number of benzene rings is 1. The molecule has 0 aliphatic rings. The third-order valence-electron chi connectivity index (χ3n) is 2.04. The summed E-state index contributed by atoms with van der Waals surface area (Å²) < 4.78 is 0. The second kappa shape index (κ2) is 3.32. The first-order valence-electron chi connectivity index (χ1n) is 4.22. The van der Waals surface area contributed by atoms with Gasteiger partial charge in [-0.25, -0.2) is 4.98 Å². The third kappa shape index (κ3) is 1.45. The summed E-state index contributed by atoms with van der Waals surface area (Å²) >= 11 is 5.90. The van der Waals surface area contributed by atoms with Gasteiger partial charge in [-0.15, -0.1) is 0 Å². The molecule has 0 spiro atoms. The molecule has 1 aromatic carbocycles. The SMILES string of the molecule is Cc1cc(Cl)cc2[nH]c(CC#N)nc12. The highest BCUT2D eigenvalue weighted by atomic mass is 35.5. The van der Waals surface area contributed by atoms with Gasteiger partial charge in [-0.05, 0) is 24.6 Å². The Morgan fingerprint density at radius 3 is 3.07 bits per heavy atom. The number of aromatic nitrogens is 2. The zero-order chi connectivity index (χ0) is 10.1. The molecule has 14 heavy (non-hydrogen) atoms. The van der Waals surface area contributed by atoms with E-state index in [9.17, 15) is 0 Å². The lowest BCUT2D eigenvalue weighted by atomic mass is 10.2. The number of aryl methyl sites for hydroxylation is 1. The van der Waals surface area contributed by atoms with E-state index in [-0.39, 0.29) is 0 Å². The van der Waals surface area contributed by atoms with Crippen LogP contribution in [-0.2, 0) is 6.42 Å². The molecular formula is C10H8ClN3. The minimum absolute atomic E-state index is 0.297. The Balaban J connectivity index is 2.66. The van der Waals surface area contributed by atoms with Gasteiger partial charge in [-0.3, -0.25) is 0 Å². The maximum Gasteiger partial charge on any atom is 0.121 e. The van der Waals surface area contributed by atoms with E-state index >= 15 is 0 Å². The summed E-state index contributed by atoms with van der Waals surface area (Å²) in [5, 5.41) is 9.22. The number of aromatic amines is 1. The molecule has 0 aliphatic carbocycles. The number of nitriles is 1. The van der Waals surface area contributed by atoms with Gasteiger partial charge >= 0.3 is 0 Å². The summed E-state index contributed by atoms with van der Waals surface area (Å²) in [6, 6.07) is 5.73. The number of fused-ring (bicyclic) bond motifs is 1. The number of hydrogen-bond donors (Lipinski definition) is 1. The first kappa shape index (κ1) is 9.04. The lowest BCUT2D eigenvalue weighted by Crippen LogP contribution is -1.82. The fraction of sp³-hybridized carbons (Fsp3) is 0.200. The van der Waals surface area contributed by atoms with Gasteiger partial charge in [0.1, 0.15) is 5.82 Å². The first-order chi connectivity index (χ1) is 6.70. The lowest BCUT2D eigenvalue weighted by molar-refractivity contribution is 1.08. The summed E-state index contributed by atoms with van der Waals surface area (Å²) in [6.45, 7) is 1.95. The highest BCUT2D eigenvalue weighted by Crippen LogP contribution is 2.21. The Labute approximate surface area is 86.3 Å². The summed E-state index contributed by atoms with van der Waals surface area (Å²) in [7, 11) is 0. The van der Waals surface area contributed by atoms with Crippen LogP contribution in [0.4, 0.5) is 0 Å². The molecule has 1 heterocycles. The van der Waals surface area contributed by atoms with E-state index in [2.05, 4.69) is 16.0 Å². The van der Waals surface area contributed by atoms with Crippen LogP contribution < -0.4 is 0 Å². The molecule has 70 valence electrons. The lowest BCUT2D eigenvalue weighted by Gasteiger charge is -1.94. The van der Waals surface area contributed by atoms with Crippen LogP contribution >= 0.6 is 11.6 Å². The van der Waals surface area contributed by atoms with Gasteiger partial charge in [0, 0.05) is 5.02 Å². The van der Waals surface area contributed by atoms with Crippen molar-refractivity contribution in [2.45, 2.75) is 13.3 Å². The van der Waals surface area contributed by atoms with E-state index < -0.39 is 0 Å². The molecule has 0 bridgehead atoms. The molecule has 0 amide bonds. The molecule has 1 aromatic heterocycles. The van der Waals surface area contributed by atoms with Crippen LogP contribution in [-0.4, -0.2) is 9.97 Å².